The molecule has 10 nitrogen and oxygen atoms in total. The van der Waals surface area contributed by atoms with Gasteiger partial charge < -0.3 is 23.8 Å². The van der Waals surface area contributed by atoms with Gasteiger partial charge in [-0.1, -0.05) is 69.3 Å². The molecule has 0 radical (unpaired) electrons. The number of pyridine rings is 1. The smallest absolute Gasteiger partial charge is 0.410 e. The van der Waals surface area contributed by atoms with E-state index in [0.717, 1.165) is 16.5 Å². The van der Waals surface area contributed by atoms with E-state index < -0.39 is 31.0 Å². The Labute approximate surface area is 277 Å². The molecule has 0 aliphatic carbocycles. The van der Waals surface area contributed by atoms with E-state index in [0.29, 0.717) is 23.4 Å². The van der Waals surface area contributed by atoms with Gasteiger partial charge in [-0.25, -0.2) is 4.79 Å². The number of carbonyl (C=O) groups excluding carboxylic acids is 1. The molecule has 0 spiro atoms. The highest BCUT2D eigenvalue weighted by atomic mass is 28.4. The average molecular weight is 660 g/mol. The van der Waals surface area contributed by atoms with Gasteiger partial charge in [0.1, 0.15) is 18.0 Å². The maximum Gasteiger partial charge on any atom is 0.410 e. The molecule has 250 valence electrons. The van der Waals surface area contributed by atoms with Crippen LogP contribution in [0.15, 0.2) is 83.7 Å². The largest absolute Gasteiger partial charge is 0.487 e. The Hall–Kier alpha value is -4.48. The summed E-state index contributed by atoms with van der Waals surface area (Å²) in [6.07, 6.45) is -1.15. The number of rotatable bonds is 11. The minimum atomic E-state index is -2.44. The highest BCUT2D eigenvalue weighted by Gasteiger charge is 2.41. The summed E-state index contributed by atoms with van der Waals surface area (Å²) in [5, 5.41) is 11.8. The summed E-state index contributed by atoms with van der Waals surface area (Å²) < 4.78 is 19.1. The van der Waals surface area contributed by atoms with Crippen LogP contribution in [0.2, 0.25) is 18.1 Å². The van der Waals surface area contributed by atoms with E-state index in [1.165, 1.54) is 18.2 Å². The molecular weight excluding hydrogens is 614 g/mol. The van der Waals surface area contributed by atoms with E-state index >= 15 is 0 Å². The van der Waals surface area contributed by atoms with Crippen LogP contribution in [0.5, 0.6) is 5.75 Å². The molecule has 0 saturated heterocycles. The van der Waals surface area contributed by atoms with Gasteiger partial charge in [-0.05, 0) is 67.7 Å². The van der Waals surface area contributed by atoms with E-state index in [1.54, 1.807) is 43.9 Å². The standard InChI is InChI=1S/C36H45N3O7Si/c1-35(2,3)45-34(41)38(22-25-14-16-27(17-15-25)39(42)43)23-31(46-47(7,8)36(4,5)6)28-18-20-30(33-29(28)19-21-32(40)37-33)44-24-26-12-10-9-11-13-26/h9-21,31H,22-24H2,1-8H3,(H,37,40)/t31-/m0/s1. The molecular formula is C36H45N3O7Si. The van der Waals surface area contributed by atoms with Crippen LogP contribution in [0, 0.1) is 10.1 Å². The Balaban J connectivity index is 1.80. The van der Waals surface area contributed by atoms with Crippen LogP contribution in [-0.2, 0) is 22.3 Å². The molecule has 4 aromatic rings. The number of hydrogen-bond donors (Lipinski definition) is 1. The first-order valence-electron chi connectivity index (χ1n) is 15.7. The Morgan fingerprint density at radius 2 is 1.57 bits per heavy atom. The van der Waals surface area contributed by atoms with Crippen molar-refractivity contribution < 1.29 is 23.6 Å². The number of aromatic amines is 1. The van der Waals surface area contributed by atoms with E-state index in [4.69, 9.17) is 13.9 Å². The fourth-order valence-corrected chi connectivity index (χ4v) is 6.06. The SMILES string of the molecule is CC(C)(C)OC(=O)N(Cc1ccc([N+](=O)[O-])cc1)C[C@H](O[Si](C)(C)C(C)(C)C)c1ccc(OCc2ccccc2)c2[nH]c(=O)ccc12. The number of H-pyrrole nitrogens is 1. The molecule has 1 N–H and O–H groups in total. The van der Waals surface area contributed by atoms with Crippen LogP contribution >= 0.6 is 0 Å². The second-order valence-corrected chi connectivity index (χ2v) is 18.9. The molecule has 11 heteroatoms. The lowest BCUT2D eigenvalue weighted by molar-refractivity contribution is -0.384. The molecule has 0 fully saturated rings. The van der Waals surface area contributed by atoms with Crippen molar-refractivity contribution in [1.29, 1.82) is 0 Å². The van der Waals surface area contributed by atoms with Crippen molar-refractivity contribution in [2.24, 2.45) is 0 Å². The van der Waals surface area contributed by atoms with Crippen LogP contribution in [-0.4, -0.2) is 41.4 Å². The minimum Gasteiger partial charge on any atom is -0.487 e. The first kappa shape index (κ1) is 35.4. The Morgan fingerprint density at radius 3 is 2.17 bits per heavy atom. The first-order chi connectivity index (χ1) is 21.9. The quantitative estimate of drug-likeness (QED) is 0.0972. The predicted molar refractivity (Wildman–Crippen MR) is 186 cm³/mol. The molecule has 0 unspecified atom stereocenters. The average Bonchev–Trinajstić information content (AvgIpc) is 2.98. The summed E-state index contributed by atoms with van der Waals surface area (Å²) in [5.74, 6) is 0.520. The number of fused-ring (bicyclic) bond motifs is 1. The molecule has 0 aliphatic rings. The van der Waals surface area contributed by atoms with Gasteiger partial charge in [0.25, 0.3) is 5.69 Å². The number of ether oxygens (including phenoxy) is 2. The number of nitrogens with zero attached hydrogens (tertiary/aromatic N) is 2. The second kappa shape index (κ2) is 14.1. The van der Waals surface area contributed by atoms with Gasteiger partial charge in [-0.2, -0.15) is 0 Å². The number of nitrogens with one attached hydrogen (secondary N) is 1. The zero-order valence-corrected chi connectivity index (χ0v) is 29.5. The number of hydrogen-bond acceptors (Lipinski definition) is 7. The number of amides is 1. The third kappa shape index (κ3) is 9.29. The molecule has 1 heterocycles. The van der Waals surface area contributed by atoms with Crippen LogP contribution in [0.4, 0.5) is 10.5 Å². The number of non-ortho nitro benzene ring substituents is 1. The zero-order valence-electron chi connectivity index (χ0n) is 28.5. The van der Waals surface area contributed by atoms with Crippen molar-refractivity contribution in [3.05, 3.63) is 116 Å². The summed E-state index contributed by atoms with van der Waals surface area (Å²) in [6.45, 7) is 16.7. The van der Waals surface area contributed by atoms with Gasteiger partial charge in [-0.3, -0.25) is 14.9 Å². The second-order valence-electron chi connectivity index (χ2n) is 14.2. The first-order valence-corrected chi connectivity index (χ1v) is 18.6. The number of nitro benzene ring substituents is 1. The van der Waals surface area contributed by atoms with Crippen LogP contribution in [0.1, 0.15) is 64.3 Å². The molecule has 0 bridgehead atoms. The van der Waals surface area contributed by atoms with Crippen molar-refractivity contribution >= 4 is 31.0 Å². The van der Waals surface area contributed by atoms with Crippen molar-refractivity contribution in [2.45, 2.75) is 84.5 Å². The molecule has 1 atom stereocenters. The third-order valence-corrected chi connectivity index (χ3v) is 12.8. The molecule has 47 heavy (non-hydrogen) atoms. The third-order valence-electron chi connectivity index (χ3n) is 8.28. The van der Waals surface area contributed by atoms with Crippen molar-refractivity contribution in [3.63, 3.8) is 0 Å². The van der Waals surface area contributed by atoms with Gasteiger partial charge in [0.2, 0.25) is 5.56 Å². The van der Waals surface area contributed by atoms with Crippen molar-refractivity contribution in [1.82, 2.24) is 9.88 Å². The maximum absolute atomic E-state index is 13.7. The fourth-order valence-electron chi connectivity index (χ4n) is 4.79. The minimum absolute atomic E-state index is 0.0354. The lowest BCUT2D eigenvalue weighted by Crippen LogP contribution is -2.45. The Bertz CT molecular complexity index is 1760. The molecule has 0 saturated carbocycles. The van der Waals surface area contributed by atoms with Gasteiger partial charge in [-0.15, -0.1) is 0 Å². The Morgan fingerprint density at radius 1 is 0.915 bits per heavy atom. The summed E-state index contributed by atoms with van der Waals surface area (Å²) >= 11 is 0. The number of benzene rings is 3. The van der Waals surface area contributed by atoms with Gasteiger partial charge in [0, 0.05) is 30.1 Å². The van der Waals surface area contributed by atoms with E-state index in [9.17, 15) is 19.7 Å². The van der Waals surface area contributed by atoms with E-state index in [2.05, 4.69) is 38.8 Å². The summed E-state index contributed by atoms with van der Waals surface area (Å²) in [7, 11) is -2.44. The van der Waals surface area contributed by atoms with Crippen LogP contribution < -0.4 is 10.3 Å². The summed E-state index contributed by atoms with van der Waals surface area (Å²) in [5.41, 5.74) is 1.94. The lowest BCUT2D eigenvalue weighted by atomic mass is 10.0. The number of nitro groups is 1. The summed E-state index contributed by atoms with van der Waals surface area (Å²) in [6, 6.07) is 22.9. The highest BCUT2D eigenvalue weighted by Crippen LogP contribution is 2.42. The number of carbonyl (C=O) groups is 1. The molecule has 1 aromatic heterocycles. The lowest BCUT2D eigenvalue weighted by Gasteiger charge is -2.41. The van der Waals surface area contributed by atoms with Crippen LogP contribution in [0.3, 0.4) is 0 Å². The maximum atomic E-state index is 13.7. The highest BCUT2D eigenvalue weighted by molar-refractivity contribution is 6.74. The van der Waals surface area contributed by atoms with Gasteiger partial charge in [0.15, 0.2) is 8.32 Å². The van der Waals surface area contributed by atoms with Gasteiger partial charge >= 0.3 is 6.09 Å². The molecule has 4 rings (SSSR count). The predicted octanol–water partition coefficient (Wildman–Crippen LogP) is 8.52. The molecule has 1 amide bonds. The normalized spacial score (nSPS) is 12.9. The topological polar surface area (TPSA) is 124 Å². The van der Waals surface area contributed by atoms with Crippen molar-refractivity contribution in [3.8, 4) is 5.75 Å². The van der Waals surface area contributed by atoms with Gasteiger partial charge in [0.05, 0.1) is 23.1 Å². The van der Waals surface area contributed by atoms with E-state index in [-0.39, 0.29) is 29.4 Å². The van der Waals surface area contributed by atoms with Crippen LogP contribution in [0.25, 0.3) is 10.9 Å². The monoisotopic (exact) mass is 659 g/mol. The fraction of sp³-hybridized carbons (Fsp3) is 0.389. The van der Waals surface area contributed by atoms with E-state index in [1.807, 2.05) is 42.5 Å². The molecule has 0 aliphatic heterocycles. The summed E-state index contributed by atoms with van der Waals surface area (Å²) in [4.78, 5) is 41.6. The van der Waals surface area contributed by atoms with Crippen molar-refractivity contribution in [2.75, 3.05) is 6.54 Å². The molecule has 3 aromatic carbocycles. The zero-order chi connectivity index (χ0) is 34.6. The number of aromatic nitrogens is 1. The Kier molecular flexibility index (Phi) is 10.6.